The lowest BCUT2D eigenvalue weighted by molar-refractivity contribution is 0.635. The van der Waals surface area contributed by atoms with Crippen LogP contribution in [0.5, 0.6) is 0 Å². The molecule has 0 amide bonds. The van der Waals surface area contributed by atoms with Gasteiger partial charge < -0.3 is 9.05 Å². The summed E-state index contributed by atoms with van der Waals surface area (Å²) >= 11 is 0. The normalized spacial score (nSPS) is 11.4. The molecule has 3 nitrogen and oxygen atoms in total. The van der Waals surface area contributed by atoms with Crippen LogP contribution in [-0.4, -0.2) is 21.4 Å². The van der Waals surface area contributed by atoms with Crippen molar-refractivity contribution in [1.29, 1.82) is 0 Å². The fourth-order valence-corrected chi connectivity index (χ4v) is 2.97. The van der Waals surface area contributed by atoms with Gasteiger partial charge in [-0.05, 0) is 30.5 Å². The molecule has 1 aromatic carbocycles. The van der Waals surface area contributed by atoms with Crippen molar-refractivity contribution in [3.05, 3.63) is 54.9 Å². The first-order chi connectivity index (χ1) is 10.7. The third-order valence-electron chi connectivity index (χ3n) is 3.96. The van der Waals surface area contributed by atoms with Gasteiger partial charge in [0.1, 0.15) is 0 Å². The summed E-state index contributed by atoms with van der Waals surface area (Å²) in [6, 6.07) is 13.1. The molecule has 3 heterocycles. The van der Waals surface area contributed by atoms with Gasteiger partial charge in [0.2, 0.25) is 0 Å². The van der Waals surface area contributed by atoms with E-state index in [0.29, 0.717) is 11.0 Å². The van der Waals surface area contributed by atoms with Crippen LogP contribution in [0.2, 0.25) is 0 Å². The van der Waals surface area contributed by atoms with Gasteiger partial charge in [0.05, 0.1) is 22.2 Å². The Morgan fingerprint density at radius 2 is 1.77 bits per heavy atom. The van der Waals surface area contributed by atoms with Gasteiger partial charge in [-0.15, -0.1) is 0 Å². The van der Waals surface area contributed by atoms with E-state index in [1.54, 1.807) is 6.07 Å². The zero-order chi connectivity index (χ0) is 15.3. The number of fused-ring (bicyclic) bond motifs is 2. The van der Waals surface area contributed by atoms with E-state index in [9.17, 15) is 8.63 Å². The molecule has 0 aliphatic carbocycles. The molecule has 0 unspecified atom stereocenters. The molecule has 0 bridgehead atoms. The molecule has 22 heavy (non-hydrogen) atoms. The Hall–Kier alpha value is -2.63. The van der Waals surface area contributed by atoms with Gasteiger partial charge in [-0.2, -0.15) is 0 Å². The largest absolute Gasteiger partial charge is 0.677 e. The van der Waals surface area contributed by atoms with Crippen molar-refractivity contribution in [2.24, 2.45) is 7.05 Å². The fourth-order valence-electron chi connectivity index (χ4n) is 2.97. The summed E-state index contributed by atoms with van der Waals surface area (Å²) in [5.74, 6) is 0. The van der Waals surface area contributed by atoms with E-state index < -0.39 is 7.40 Å². The van der Waals surface area contributed by atoms with Crippen molar-refractivity contribution in [2.45, 2.75) is 0 Å². The Morgan fingerprint density at radius 1 is 0.955 bits per heavy atom. The van der Waals surface area contributed by atoms with Crippen LogP contribution in [0, 0.1) is 0 Å². The van der Waals surface area contributed by atoms with Crippen LogP contribution in [0.3, 0.4) is 0 Å². The first kappa shape index (κ1) is 13.1. The Labute approximate surface area is 126 Å². The number of aryl methyl sites for hydroxylation is 1. The van der Waals surface area contributed by atoms with Gasteiger partial charge in [-0.1, -0.05) is 18.2 Å². The van der Waals surface area contributed by atoms with E-state index in [-0.39, 0.29) is 0 Å². The number of halogens is 2. The Balaban J connectivity index is 2.25. The van der Waals surface area contributed by atoms with Crippen molar-refractivity contribution < 1.29 is 8.63 Å². The van der Waals surface area contributed by atoms with Crippen LogP contribution >= 0.6 is 0 Å². The molecule has 0 spiro atoms. The van der Waals surface area contributed by atoms with Gasteiger partial charge in [-0.25, -0.2) is 4.98 Å². The van der Waals surface area contributed by atoms with Crippen molar-refractivity contribution in [3.63, 3.8) is 0 Å². The minimum atomic E-state index is -2.60. The SMILES string of the molecule is Cn1cccc1-c1c2ccccc2nc2ccn(B(F)F)c12. The molecule has 0 fully saturated rings. The molecule has 0 radical (unpaired) electrons. The highest BCUT2D eigenvalue weighted by Crippen LogP contribution is 2.35. The summed E-state index contributed by atoms with van der Waals surface area (Å²) in [7, 11) is -0.689. The number of aromatic nitrogens is 3. The average Bonchev–Trinajstić information content (AvgIpc) is 3.11. The molecular weight excluding hydrogens is 283 g/mol. The highest BCUT2D eigenvalue weighted by molar-refractivity contribution is 6.43. The number of rotatable bonds is 2. The maximum absolute atomic E-state index is 13.4. The van der Waals surface area contributed by atoms with Crippen molar-refractivity contribution in [1.82, 2.24) is 14.0 Å². The minimum absolute atomic E-state index is 0.468. The summed E-state index contributed by atoms with van der Waals surface area (Å²) in [6.45, 7) is 0. The topological polar surface area (TPSA) is 22.8 Å². The predicted molar refractivity (Wildman–Crippen MR) is 85.0 cm³/mol. The number of para-hydroxylation sites is 1. The molecule has 0 saturated carbocycles. The molecule has 4 rings (SSSR count). The smallest absolute Gasteiger partial charge is 0.350 e. The lowest BCUT2D eigenvalue weighted by Gasteiger charge is -2.12. The molecule has 0 aliphatic heterocycles. The minimum Gasteiger partial charge on any atom is -0.350 e. The van der Waals surface area contributed by atoms with Gasteiger partial charge in [0.25, 0.3) is 0 Å². The predicted octanol–water partition coefficient (Wildman–Crippen LogP) is 3.97. The summed E-state index contributed by atoms with van der Waals surface area (Å²) in [5, 5.41) is 0.873. The number of nitrogens with zero attached hydrogens (tertiary/aromatic N) is 3. The highest BCUT2D eigenvalue weighted by atomic mass is 19.2. The average molecular weight is 295 g/mol. The maximum atomic E-state index is 13.4. The van der Waals surface area contributed by atoms with E-state index >= 15 is 0 Å². The van der Waals surface area contributed by atoms with Crippen LogP contribution in [-0.2, 0) is 7.05 Å². The molecule has 3 aromatic heterocycles. The van der Waals surface area contributed by atoms with Crippen LogP contribution in [0.25, 0.3) is 33.2 Å². The Bertz CT molecular complexity index is 988. The lowest BCUT2D eigenvalue weighted by atomic mass is 10.0. The van der Waals surface area contributed by atoms with E-state index in [0.717, 1.165) is 26.6 Å². The molecule has 6 heteroatoms. The molecule has 4 aromatic rings. The molecular formula is C16H12BF2N3. The summed E-state index contributed by atoms with van der Waals surface area (Å²) < 4.78 is 29.7. The zero-order valence-electron chi connectivity index (χ0n) is 11.9. The van der Waals surface area contributed by atoms with Crippen LogP contribution in [0.4, 0.5) is 8.63 Å². The Morgan fingerprint density at radius 3 is 2.50 bits per heavy atom. The summed E-state index contributed by atoms with van der Waals surface area (Å²) in [5.41, 5.74) is 3.53. The molecule has 0 atom stereocenters. The van der Waals surface area contributed by atoms with Gasteiger partial charge in [0, 0.05) is 24.2 Å². The molecule has 0 aliphatic rings. The number of hydrogen-bond donors (Lipinski definition) is 0. The van der Waals surface area contributed by atoms with E-state index in [2.05, 4.69) is 4.98 Å². The van der Waals surface area contributed by atoms with Crippen molar-refractivity contribution >= 4 is 29.3 Å². The monoisotopic (exact) mass is 295 g/mol. The first-order valence-electron chi connectivity index (χ1n) is 6.96. The van der Waals surface area contributed by atoms with Gasteiger partial charge >= 0.3 is 7.40 Å². The molecule has 0 N–H and O–H groups in total. The number of hydrogen-bond acceptors (Lipinski definition) is 1. The molecule has 0 saturated heterocycles. The quantitative estimate of drug-likeness (QED) is 0.513. The van der Waals surface area contributed by atoms with Gasteiger partial charge in [-0.3, -0.25) is 8.63 Å². The number of benzene rings is 1. The standard InChI is InChI=1S/C16H12BF2N3/c1-21-9-4-7-14(21)15-11-5-2-3-6-12(11)20-13-8-10-22(16(13)15)17(18)19/h2-10H,1H3. The molecule has 108 valence electrons. The fraction of sp³-hybridized carbons (Fsp3) is 0.0625. The Kier molecular flexibility index (Phi) is 2.79. The second-order valence-corrected chi connectivity index (χ2v) is 5.24. The van der Waals surface area contributed by atoms with Crippen molar-refractivity contribution in [3.8, 4) is 11.3 Å². The lowest BCUT2D eigenvalue weighted by Crippen LogP contribution is -2.12. The third kappa shape index (κ3) is 1.77. The van der Waals surface area contributed by atoms with Crippen LogP contribution in [0.15, 0.2) is 54.9 Å². The highest BCUT2D eigenvalue weighted by Gasteiger charge is 2.23. The van der Waals surface area contributed by atoms with Crippen LogP contribution in [0.1, 0.15) is 0 Å². The zero-order valence-corrected chi connectivity index (χ0v) is 11.9. The summed E-state index contributed by atoms with van der Waals surface area (Å²) in [4.78, 5) is 4.52. The van der Waals surface area contributed by atoms with Crippen molar-refractivity contribution in [2.75, 3.05) is 0 Å². The van der Waals surface area contributed by atoms with E-state index in [1.165, 1.54) is 6.20 Å². The van der Waals surface area contributed by atoms with E-state index in [4.69, 9.17) is 0 Å². The van der Waals surface area contributed by atoms with Crippen LogP contribution < -0.4 is 0 Å². The maximum Gasteiger partial charge on any atom is 0.677 e. The number of pyridine rings is 1. The van der Waals surface area contributed by atoms with Gasteiger partial charge in [0.15, 0.2) is 0 Å². The summed E-state index contributed by atoms with van der Waals surface area (Å²) in [6.07, 6.45) is 3.31. The third-order valence-corrected chi connectivity index (χ3v) is 3.96. The second kappa shape index (κ2) is 4.69. The second-order valence-electron chi connectivity index (χ2n) is 5.24. The van der Waals surface area contributed by atoms with E-state index in [1.807, 2.05) is 54.2 Å². The first-order valence-corrected chi connectivity index (χ1v) is 6.96.